The number of hydrogen-bond donors (Lipinski definition) is 2. The van der Waals surface area contributed by atoms with Crippen molar-refractivity contribution < 1.29 is 4.79 Å². The highest BCUT2D eigenvalue weighted by atomic mass is 16.1. The van der Waals surface area contributed by atoms with Crippen LogP contribution in [0.2, 0.25) is 0 Å². The van der Waals surface area contributed by atoms with Crippen LogP contribution < -0.4 is 5.32 Å². The molecule has 0 spiro atoms. The van der Waals surface area contributed by atoms with Gasteiger partial charge in [0.05, 0.1) is 11.3 Å². The maximum absolute atomic E-state index is 12.5. The molecule has 0 unspecified atom stereocenters. The van der Waals surface area contributed by atoms with Crippen LogP contribution in [0, 0.1) is 0 Å². The first kappa shape index (κ1) is 14.9. The molecule has 5 nitrogen and oxygen atoms in total. The maximum atomic E-state index is 12.5. The van der Waals surface area contributed by atoms with Gasteiger partial charge in [-0.15, -0.1) is 0 Å². The van der Waals surface area contributed by atoms with Crippen LogP contribution in [-0.4, -0.2) is 27.2 Å². The minimum Gasteiger partial charge on any atom is -0.365 e. The molecule has 1 amide bonds. The monoisotopic (exact) mass is 300 g/mol. The predicted molar refractivity (Wildman–Crippen MR) is 85.9 cm³/mol. The van der Waals surface area contributed by atoms with Gasteiger partial charge in [-0.05, 0) is 25.0 Å². The summed E-state index contributed by atoms with van der Waals surface area (Å²) in [6, 6.07) is 4.00. The molecule has 2 heterocycles. The fourth-order valence-corrected chi connectivity index (χ4v) is 3.29. The summed E-state index contributed by atoms with van der Waals surface area (Å²) in [6.45, 7) is 0.637. The van der Waals surface area contributed by atoms with E-state index in [2.05, 4.69) is 15.4 Å². The lowest BCUT2D eigenvalue weighted by molar-refractivity contribution is 0.0952. The molecule has 0 radical (unpaired) electrons. The van der Waals surface area contributed by atoms with Gasteiger partial charge < -0.3 is 10.3 Å². The zero-order valence-corrected chi connectivity index (χ0v) is 13.1. The second kappa shape index (κ2) is 6.81. The number of aryl methyl sites for hydroxylation is 1. The van der Waals surface area contributed by atoms with Crippen molar-refractivity contribution in [3.05, 3.63) is 41.5 Å². The fraction of sp³-hybridized carbons (Fsp3) is 0.529. The van der Waals surface area contributed by atoms with Crippen LogP contribution >= 0.6 is 0 Å². The number of nitrogens with one attached hydrogen (secondary N) is 2. The average Bonchev–Trinajstić information content (AvgIpc) is 3.17. The third-order valence-electron chi connectivity index (χ3n) is 4.44. The molecule has 0 bridgehead atoms. The summed E-state index contributed by atoms with van der Waals surface area (Å²) in [5, 5.41) is 7.58. The number of amides is 1. The Bertz CT molecular complexity index is 609. The van der Waals surface area contributed by atoms with Gasteiger partial charge in [-0.1, -0.05) is 19.3 Å². The number of carbonyl (C=O) groups is 1. The second-order valence-electron chi connectivity index (χ2n) is 6.14. The number of nitrogens with zero attached hydrogens (tertiary/aromatic N) is 2. The summed E-state index contributed by atoms with van der Waals surface area (Å²) in [5.74, 6) is 0.444. The topological polar surface area (TPSA) is 62.7 Å². The Balaban J connectivity index is 1.63. The van der Waals surface area contributed by atoms with Gasteiger partial charge in [0.2, 0.25) is 0 Å². The van der Waals surface area contributed by atoms with Crippen molar-refractivity contribution in [3.8, 4) is 0 Å². The first-order valence-electron chi connectivity index (χ1n) is 8.18. The molecule has 0 atom stereocenters. The van der Waals surface area contributed by atoms with Crippen molar-refractivity contribution in [1.82, 2.24) is 20.1 Å². The van der Waals surface area contributed by atoms with Crippen molar-refractivity contribution in [2.24, 2.45) is 7.05 Å². The zero-order valence-electron chi connectivity index (χ0n) is 13.1. The molecular weight excluding hydrogens is 276 g/mol. The summed E-state index contributed by atoms with van der Waals surface area (Å²) in [7, 11) is 1.89. The minimum atomic E-state index is 0.000213. The van der Waals surface area contributed by atoms with E-state index in [1.54, 1.807) is 4.68 Å². The molecule has 1 fully saturated rings. The van der Waals surface area contributed by atoms with Gasteiger partial charge in [0, 0.05) is 44.0 Å². The molecule has 0 aromatic carbocycles. The highest BCUT2D eigenvalue weighted by Gasteiger charge is 2.24. The highest BCUT2D eigenvalue weighted by molar-refractivity contribution is 5.95. The van der Waals surface area contributed by atoms with Gasteiger partial charge >= 0.3 is 0 Å². The maximum Gasteiger partial charge on any atom is 0.254 e. The number of carbonyl (C=O) groups excluding carboxylic acids is 1. The first-order chi connectivity index (χ1) is 10.7. The molecule has 0 aliphatic heterocycles. The minimum absolute atomic E-state index is 0.000213. The van der Waals surface area contributed by atoms with Crippen molar-refractivity contribution in [3.63, 3.8) is 0 Å². The lowest BCUT2D eigenvalue weighted by Crippen LogP contribution is -2.27. The van der Waals surface area contributed by atoms with Crippen molar-refractivity contribution in [1.29, 1.82) is 0 Å². The van der Waals surface area contributed by atoms with Gasteiger partial charge in [-0.3, -0.25) is 9.48 Å². The molecule has 2 aromatic rings. The molecule has 3 rings (SSSR count). The zero-order chi connectivity index (χ0) is 15.4. The number of H-pyrrole nitrogens is 1. The quantitative estimate of drug-likeness (QED) is 0.892. The standard InChI is InChI=1S/C17H24N4O/c1-21-12-15(16(20-21)13-6-3-2-4-7-13)17(22)19-11-9-14-8-5-10-18-14/h5,8,10,12-13,18H,2-4,6-7,9,11H2,1H3,(H,19,22). The Labute approximate surface area is 131 Å². The van der Waals surface area contributed by atoms with E-state index < -0.39 is 0 Å². The molecule has 0 saturated heterocycles. The molecular formula is C17H24N4O. The van der Waals surface area contributed by atoms with Crippen molar-refractivity contribution in [2.45, 2.75) is 44.4 Å². The van der Waals surface area contributed by atoms with Crippen molar-refractivity contribution in [2.75, 3.05) is 6.54 Å². The molecule has 1 saturated carbocycles. The number of hydrogen-bond acceptors (Lipinski definition) is 2. The fourth-order valence-electron chi connectivity index (χ4n) is 3.29. The van der Waals surface area contributed by atoms with Gasteiger partial charge in [-0.2, -0.15) is 5.10 Å². The Morgan fingerprint density at radius 2 is 2.23 bits per heavy atom. The summed E-state index contributed by atoms with van der Waals surface area (Å²) in [6.07, 6.45) is 10.7. The van der Waals surface area contributed by atoms with Crippen LogP contribution in [0.4, 0.5) is 0 Å². The third-order valence-corrected chi connectivity index (χ3v) is 4.44. The predicted octanol–water partition coefficient (Wildman–Crippen LogP) is 2.77. The summed E-state index contributed by atoms with van der Waals surface area (Å²) in [5.41, 5.74) is 2.87. The van der Waals surface area contributed by atoms with E-state index in [1.165, 1.54) is 19.3 Å². The molecule has 118 valence electrons. The van der Waals surface area contributed by atoms with E-state index in [9.17, 15) is 4.79 Å². The van der Waals surface area contributed by atoms with E-state index in [0.29, 0.717) is 12.5 Å². The van der Waals surface area contributed by atoms with Gasteiger partial charge in [0.25, 0.3) is 5.91 Å². The first-order valence-corrected chi connectivity index (χ1v) is 8.18. The number of aromatic amines is 1. The normalized spacial score (nSPS) is 15.9. The van der Waals surface area contributed by atoms with Crippen LogP contribution in [0.15, 0.2) is 24.5 Å². The van der Waals surface area contributed by atoms with E-state index in [-0.39, 0.29) is 5.91 Å². The van der Waals surface area contributed by atoms with E-state index in [0.717, 1.165) is 36.2 Å². The van der Waals surface area contributed by atoms with Crippen LogP contribution in [-0.2, 0) is 13.5 Å². The molecule has 1 aliphatic rings. The van der Waals surface area contributed by atoms with E-state index in [1.807, 2.05) is 31.6 Å². The van der Waals surface area contributed by atoms with Gasteiger partial charge in [-0.25, -0.2) is 0 Å². The van der Waals surface area contributed by atoms with Crippen LogP contribution in [0.5, 0.6) is 0 Å². The van der Waals surface area contributed by atoms with Gasteiger partial charge in [0.15, 0.2) is 0 Å². The molecule has 2 N–H and O–H groups in total. The van der Waals surface area contributed by atoms with Gasteiger partial charge in [0.1, 0.15) is 0 Å². The van der Waals surface area contributed by atoms with Crippen LogP contribution in [0.25, 0.3) is 0 Å². The Hall–Kier alpha value is -2.04. The third kappa shape index (κ3) is 3.40. The highest BCUT2D eigenvalue weighted by Crippen LogP contribution is 2.33. The SMILES string of the molecule is Cn1cc(C(=O)NCCc2ccc[nH]2)c(C2CCCCC2)n1. The molecule has 5 heteroatoms. The van der Waals surface area contributed by atoms with Crippen molar-refractivity contribution >= 4 is 5.91 Å². The van der Waals surface area contributed by atoms with Crippen LogP contribution in [0.1, 0.15) is 59.8 Å². The smallest absolute Gasteiger partial charge is 0.254 e. The Morgan fingerprint density at radius 3 is 2.95 bits per heavy atom. The molecule has 22 heavy (non-hydrogen) atoms. The number of rotatable bonds is 5. The Kier molecular flexibility index (Phi) is 4.61. The lowest BCUT2D eigenvalue weighted by atomic mass is 9.85. The number of aromatic nitrogens is 3. The van der Waals surface area contributed by atoms with E-state index in [4.69, 9.17) is 0 Å². The second-order valence-corrected chi connectivity index (χ2v) is 6.14. The van der Waals surface area contributed by atoms with E-state index >= 15 is 0 Å². The largest absolute Gasteiger partial charge is 0.365 e. The summed E-state index contributed by atoms with van der Waals surface area (Å²) >= 11 is 0. The summed E-state index contributed by atoms with van der Waals surface area (Å²) < 4.78 is 1.77. The Morgan fingerprint density at radius 1 is 1.41 bits per heavy atom. The molecule has 2 aromatic heterocycles. The lowest BCUT2D eigenvalue weighted by Gasteiger charge is -2.20. The average molecular weight is 300 g/mol. The summed E-state index contributed by atoms with van der Waals surface area (Å²) in [4.78, 5) is 15.6. The van der Waals surface area contributed by atoms with Crippen LogP contribution in [0.3, 0.4) is 0 Å². The molecule has 1 aliphatic carbocycles.